The molecule has 1 atom stereocenters. The van der Waals surface area contributed by atoms with Crippen LogP contribution in [0.2, 0.25) is 0 Å². The summed E-state index contributed by atoms with van der Waals surface area (Å²) >= 11 is 0. The van der Waals surface area contributed by atoms with Crippen LogP contribution in [0.25, 0.3) is 0 Å². The average molecular weight is 374 g/mol. The summed E-state index contributed by atoms with van der Waals surface area (Å²) in [5, 5.41) is 9.76. The average Bonchev–Trinajstić information content (AvgIpc) is 2.67. The molecule has 1 aliphatic rings. The van der Waals surface area contributed by atoms with E-state index in [2.05, 4.69) is 0 Å². The van der Waals surface area contributed by atoms with Crippen LogP contribution in [0.1, 0.15) is 23.2 Å². The molecular weight excluding hydrogens is 352 g/mol. The summed E-state index contributed by atoms with van der Waals surface area (Å²) in [7, 11) is -2.09. The van der Waals surface area contributed by atoms with Crippen LogP contribution < -0.4 is 4.90 Å². The molecule has 6 nitrogen and oxygen atoms in total. The maximum Gasteiger partial charge on any atom is 0.258 e. The summed E-state index contributed by atoms with van der Waals surface area (Å²) in [4.78, 5) is 14.3. The summed E-state index contributed by atoms with van der Waals surface area (Å²) < 4.78 is 27.0. The van der Waals surface area contributed by atoms with E-state index in [1.807, 2.05) is 30.3 Å². The van der Waals surface area contributed by atoms with E-state index in [1.54, 1.807) is 19.2 Å². The van der Waals surface area contributed by atoms with E-state index in [0.29, 0.717) is 24.9 Å². The lowest BCUT2D eigenvalue weighted by atomic mass is 10.1. The Balaban J connectivity index is 1.87. The third kappa shape index (κ3) is 3.80. The monoisotopic (exact) mass is 374 g/mol. The highest BCUT2D eigenvalue weighted by molar-refractivity contribution is 7.89. The van der Waals surface area contributed by atoms with Gasteiger partial charge in [0.25, 0.3) is 5.91 Å². The Labute approximate surface area is 153 Å². The van der Waals surface area contributed by atoms with Gasteiger partial charge in [-0.3, -0.25) is 4.79 Å². The van der Waals surface area contributed by atoms with E-state index < -0.39 is 16.1 Å². The number of carbonyl (C=O) groups is 1. The van der Waals surface area contributed by atoms with Crippen molar-refractivity contribution in [2.75, 3.05) is 25.0 Å². The number of carbonyl (C=O) groups excluding carboxylic acids is 1. The standard InChI is InChI=1S/C19H22N2O4S/c1-20(16-8-3-2-4-9-16)19(23)15-7-5-11-18(13-15)26(24,25)21-12-6-10-17(22)14-21/h2-5,7-9,11,13,17,22H,6,10,12,14H2,1H3. The molecule has 1 N–H and O–H groups in total. The Kier molecular flexibility index (Phi) is 5.41. The summed E-state index contributed by atoms with van der Waals surface area (Å²) in [5.74, 6) is -0.285. The highest BCUT2D eigenvalue weighted by Gasteiger charge is 2.30. The molecule has 0 saturated carbocycles. The van der Waals surface area contributed by atoms with Gasteiger partial charge in [-0.25, -0.2) is 8.42 Å². The molecule has 1 amide bonds. The summed E-state index contributed by atoms with van der Waals surface area (Å²) in [5.41, 5.74) is 1.03. The molecule has 3 rings (SSSR count). The van der Waals surface area contributed by atoms with E-state index >= 15 is 0 Å². The number of β-amino-alcohol motifs (C(OH)–C–C–N with tert-alkyl or cyclic N) is 1. The molecule has 1 heterocycles. The van der Waals surface area contributed by atoms with Crippen molar-refractivity contribution >= 4 is 21.6 Å². The molecule has 0 spiro atoms. The Morgan fingerprint density at radius 1 is 1.15 bits per heavy atom. The molecule has 1 unspecified atom stereocenters. The largest absolute Gasteiger partial charge is 0.392 e. The highest BCUT2D eigenvalue weighted by Crippen LogP contribution is 2.23. The van der Waals surface area contributed by atoms with Gasteiger partial charge >= 0.3 is 0 Å². The number of para-hydroxylation sites is 1. The van der Waals surface area contributed by atoms with Crippen molar-refractivity contribution in [3.05, 3.63) is 60.2 Å². The fourth-order valence-corrected chi connectivity index (χ4v) is 4.60. The first-order valence-corrected chi connectivity index (χ1v) is 9.95. The first kappa shape index (κ1) is 18.6. The zero-order valence-corrected chi connectivity index (χ0v) is 15.4. The molecule has 0 aromatic heterocycles. The number of nitrogens with zero attached hydrogens (tertiary/aromatic N) is 2. The van der Waals surface area contributed by atoms with E-state index in [9.17, 15) is 18.3 Å². The molecule has 1 aliphatic heterocycles. The van der Waals surface area contributed by atoms with Crippen molar-refractivity contribution < 1.29 is 18.3 Å². The van der Waals surface area contributed by atoms with Crippen molar-refractivity contribution in [1.82, 2.24) is 4.31 Å². The van der Waals surface area contributed by atoms with Crippen LogP contribution in [0.3, 0.4) is 0 Å². The number of hydrogen-bond acceptors (Lipinski definition) is 4. The van der Waals surface area contributed by atoms with Crippen LogP contribution in [-0.2, 0) is 10.0 Å². The Morgan fingerprint density at radius 3 is 2.58 bits per heavy atom. The summed E-state index contributed by atoms with van der Waals surface area (Å²) in [6.45, 7) is 0.464. The van der Waals surface area contributed by atoms with Gasteiger partial charge in [-0.15, -0.1) is 0 Å². The maximum atomic E-state index is 12.8. The fourth-order valence-electron chi connectivity index (χ4n) is 3.04. The second kappa shape index (κ2) is 7.57. The van der Waals surface area contributed by atoms with E-state index in [0.717, 1.165) is 5.69 Å². The number of rotatable bonds is 4. The van der Waals surface area contributed by atoms with Gasteiger partial charge in [-0.2, -0.15) is 4.31 Å². The molecular formula is C19H22N2O4S. The summed E-state index contributed by atoms with van der Waals surface area (Å²) in [6.07, 6.45) is 0.579. The Morgan fingerprint density at radius 2 is 1.88 bits per heavy atom. The van der Waals surface area contributed by atoms with Crippen molar-refractivity contribution in [2.45, 2.75) is 23.8 Å². The number of anilines is 1. The number of piperidine rings is 1. The predicted octanol–water partition coefficient (Wildman–Crippen LogP) is 2.11. The Hall–Kier alpha value is -2.22. The minimum atomic E-state index is -3.74. The molecule has 7 heteroatoms. The van der Waals surface area contributed by atoms with E-state index in [4.69, 9.17) is 0 Å². The maximum absolute atomic E-state index is 12.8. The van der Waals surface area contributed by atoms with Crippen LogP contribution in [0.5, 0.6) is 0 Å². The zero-order chi connectivity index (χ0) is 18.7. The first-order chi connectivity index (χ1) is 12.4. The quantitative estimate of drug-likeness (QED) is 0.889. The van der Waals surface area contributed by atoms with Crippen molar-refractivity contribution in [3.63, 3.8) is 0 Å². The van der Waals surface area contributed by atoms with Gasteiger partial charge in [0.1, 0.15) is 0 Å². The van der Waals surface area contributed by atoms with Crippen molar-refractivity contribution in [1.29, 1.82) is 0 Å². The minimum absolute atomic E-state index is 0.0684. The van der Waals surface area contributed by atoms with Crippen LogP contribution in [0.15, 0.2) is 59.5 Å². The van der Waals surface area contributed by atoms with Crippen molar-refractivity contribution in [2.24, 2.45) is 0 Å². The van der Waals surface area contributed by atoms with Crippen LogP contribution in [0.4, 0.5) is 5.69 Å². The van der Waals surface area contributed by atoms with Gasteiger partial charge < -0.3 is 10.0 Å². The van der Waals surface area contributed by atoms with Gasteiger partial charge in [-0.1, -0.05) is 24.3 Å². The normalized spacial score (nSPS) is 18.5. The minimum Gasteiger partial charge on any atom is -0.392 e. The fraction of sp³-hybridized carbons (Fsp3) is 0.316. The SMILES string of the molecule is CN(C(=O)c1cccc(S(=O)(=O)N2CCCC(O)C2)c1)c1ccccc1. The molecule has 0 radical (unpaired) electrons. The molecule has 1 saturated heterocycles. The number of sulfonamides is 1. The third-order valence-corrected chi connectivity index (χ3v) is 6.39. The van der Waals surface area contributed by atoms with Crippen molar-refractivity contribution in [3.8, 4) is 0 Å². The summed E-state index contributed by atoms with van der Waals surface area (Å²) in [6, 6.07) is 15.2. The number of aliphatic hydroxyl groups is 1. The predicted molar refractivity (Wildman–Crippen MR) is 99.6 cm³/mol. The van der Waals surface area contributed by atoms with Gasteiger partial charge in [-0.05, 0) is 43.2 Å². The van der Waals surface area contributed by atoms with Gasteiger partial charge in [0, 0.05) is 31.4 Å². The van der Waals surface area contributed by atoms with Crippen LogP contribution >= 0.6 is 0 Å². The van der Waals surface area contributed by atoms with Crippen LogP contribution in [-0.4, -0.2) is 50.0 Å². The van der Waals surface area contributed by atoms with E-state index in [-0.39, 0.29) is 17.3 Å². The molecule has 2 aromatic carbocycles. The third-order valence-electron chi connectivity index (χ3n) is 4.53. The molecule has 2 aromatic rings. The lowest BCUT2D eigenvalue weighted by Gasteiger charge is -2.29. The lowest BCUT2D eigenvalue weighted by molar-refractivity contribution is 0.0992. The number of amides is 1. The molecule has 138 valence electrons. The van der Waals surface area contributed by atoms with Crippen LogP contribution in [0, 0.1) is 0 Å². The number of benzene rings is 2. The van der Waals surface area contributed by atoms with Gasteiger partial charge in [0.15, 0.2) is 0 Å². The molecule has 0 aliphatic carbocycles. The topological polar surface area (TPSA) is 77.9 Å². The Bertz CT molecular complexity index is 883. The highest BCUT2D eigenvalue weighted by atomic mass is 32.2. The molecule has 1 fully saturated rings. The lowest BCUT2D eigenvalue weighted by Crippen LogP contribution is -2.42. The molecule has 0 bridgehead atoms. The second-order valence-corrected chi connectivity index (χ2v) is 8.32. The zero-order valence-electron chi connectivity index (χ0n) is 14.6. The first-order valence-electron chi connectivity index (χ1n) is 8.51. The van der Waals surface area contributed by atoms with Gasteiger partial charge in [0.05, 0.1) is 11.0 Å². The van der Waals surface area contributed by atoms with Gasteiger partial charge in [0.2, 0.25) is 10.0 Å². The molecule has 26 heavy (non-hydrogen) atoms. The number of hydrogen-bond donors (Lipinski definition) is 1. The smallest absolute Gasteiger partial charge is 0.258 e. The van der Waals surface area contributed by atoms with E-state index in [1.165, 1.54) is 21.3 Å². The second-order valence-electron chi connectivity index (χ2n) is 6.39. The number of aliphatic hydroxyl groups excluding tert-OH is 1.